The van der Waals surface area contributed by atoms with E-state index >= 15 is 0 Å². The zero-order chi connectivity index (χ0) is 14.8. The van der Waals surface area contributed by atoms with E-state index in [0.29, 0.717) is 0 Å². The van der Waals surface area contributed by atoms with E-state index in [2.05, 4.69) is 24.1 Å². The minimum Gasteiger partial charge on any atom is -0.368 e. The first kappa shape index (κ1) is 15.8. The summed E-state index contributed by atoms with van der Waals surface area (Å²) in [7, 11) is 0. The first-order valence-corrected chi connectivity index (χ1v) is 8.20. The summed E-state index contributed by atoms with van der Waals surface area (Å²) in [6, 6.07) is 0.277. The Morgan fingerprint density at radius 1 is 1.35 bits per heavy atom. The average Bonchev–Trinajstić information content (AvgIpc) is 2.88. The van der Waals surface area contributed by atoms with Crippen molar-refractivity contribution in [2.75, 3.05) is 19.6 Å². The third-order valence-electron chi connectivity index (χ3n) is 5.10. The second-order valence-electron chi connectivity index (χ2n) is 7.31. The Morgan fingerprint density at radius 3 is 2.45 bits per heavy atom. The number of hydrogen-bond acceptors (Lipinski definition) is 3. The summed E-state index contributed by atoms with van der Waals surface area (Å²) >= 11 is 0. The Bertz CT molecular complexity index is 333. The van der Waals surface area contributed by atoms with Gasteiger partial charge in [-0.15, -0.1) is 0 Å². The highest BCUT2D eigenvalue weighted by Gasteiger charge is 2.36. The maximum absolute atomic E-state index is 11.7. The molecule has 1 heterocycles. The minimum absolute atomic E-state index is 0.232. The lowest BCUT2D eigenvalue weighted by molar-refractivity contribution is -0.124. The van der Waals surface area contributed by atoms with Gasteiger partial charge in [0.15, 0.2) is 0 Å². The molecule has 1 aliphatic carbocycles. The molecule has 0 spiro atoms. The van der Waals surface area contributed by atoms with Gasteiger partial charge in [0.25, 0.3) is 0 Å². The molecule has 1 amide bonds. The number of likely N-dealkylation sites (tertiary alicyclic amines) is 1. The lowest BCUT2D eigenvalue weighted by Crippen LogP contribution is -2.55. The predicted molar refractivity (Wildman–Crippen MR) is 82.4 cm³/mol. The van der Waals surface area contributed by atoms with Gasteiger partial charge in [0.2, 0.25) is 5.91 Å². The van der Waals surface area contributed by atoms with Crippen LogP contribution in [0.4, 0.5) is 0 Å². The predicted octanol–water partition coefficient (Wildman–Crippen LogP) is 1.74. The number of amides is 1. The Hall–Kier alpha value is -0.610. The fraction of sp³-hybridized carbons (Fsp3) is 0.938. The van der Waals surface area contributed by atoms with E-state index in [0.717, 1.165) is 31.2 Å². The monoisotopic (exact) mass is 281 g/mol. The number of nitrogens with two attached hydrogens (primary N) is 1. The number of carbonyl (C=O) groups excluding carboxylic acids is 1. The molecule has 3 N–H and O–H groups in total. The van der Waals surface area contributed by atoms with Crippen molar-refractivity contribution in [3.63, 3.8) is 0 Å². The highest BCUT2D eigenvalue weighted by atomic mass is 16.1. The summed E-state index contributed by atoms with van der Waals surface area (Å²) < 4.78 is 0. The standard InChI is InChI=1S/C16H31N3O/c1-12(2)18-16(3,15(17)20)8-5-9-19-10-13-6-4-7-14(13)11-19/h12-14,18H,4-11H2,1-3H3,(H2,17,20). The van der Waals surface area contributed by atoms with Crippen LogP contribution in [0.1, 0.15) is 52.9 Å². The number of fused-ring (bicyclic) bond motifs is 1. The van der Waals surface area contributed by atoms with Gasteiger partial charge in [0, 0.05) is 19.1 Å². The van der Waals surface area contributed by atoms with Crippen LogP contribution in [0.5, 0.6) is 0 Å². The number of nitrogens with zero attached hydrogens (tertiary/aromatic N) is 1. The summed E-state index contributed by atoms with van der Waals surface area (Å²) in [5.74, 6) is 1.67. The molecule has 2 rings (SSSR count). The molecule has 4 heteroatoms. The van der Waals surface area contributed by atoms with Gasteiger partial charge in [-0.25, -0.2) is 0 Å². The van der Waals surface area contributed by atoms with Crippen molar-refractivity contribution < 1.29 is 4.79 Å². The summed E-state index contributed by atoms with van der Waals surface area (Å²) in [4.78, 5) is 14.3. The van der Waals surface area contributed by atoms with Crippen LogP contribution in [-0.2, 0) is 4.79 Å². The first-order chi connectivity index (χ1) is 9.40. The Balaban J connectivity index is 1.75. The van der Waals surface area contributed by atoms with Crippen LogP contribution >= 0.6 is 0 Å². The van der Waals surface area contributed by atoms with E-state index < -0.39 is 5.54 Å². The molecule has 1 saturated carbocycles. The normalized spacial score (nSPS) is 29.6. The second-order valence-corrected chi connectivity index (χ2v) is 7.31. The Labute approximate surface area is 123 Å². The Morgan fingerprint density at radius 2 is 1.95 bits per heavy atom. The van der Waals surface area contributed by atoms with Gasteiger partial charge in [-0.2, -0.15) is 0 Å². The smallest absolute Gasteiger partial charge is 0.237 e. The molecular formula is C16H31N3O. The zero-order valence-corrected chi connectivity index (χ0v) is 13.3. The molecule has 2 aliphatic rings. The lowest BCUT2D eigenvalue weighted by Gasteiger charge is -2.30. The molecule has 2 fully saturated rings. The average molecular weight is 281 g/mol. The zero-order valence-electron chi connectivity index (χ0n) is 13.3. The van der Waals surface area contributed by atoms with Crippen LogP contribution in [0.3, 0.4) is 0 Å². The fourth-order valence-corrected chi connectivity index (χ4v) is 4.07. The molecule has 1 saturated heterocycles. The van der Waals surface area contributed by atoms with E-state index in [-0.39, 0.29) is 11.9 Å². The molecule has 0 aromatic rings. The van der Waals surface area contributed by atoms with E-state index in [4.69, 9.17) is 5.73 Å². The van der Waals surface area contributed by atoms with Crippen molar-refractivity contribution in [2.24, 2.45) is 17.6 Å². The first-order valence-electron chi connectivity index (χ1n) is 8.20. The topological polar surface area (TPSA) is 58.4 Å². The van der Waals surface area contributed by atoms with Gasteiger partial charge in [-0.3, -0.25) is 4.79 Å². The van der Waals surface area contributed by atoms with Crippen LogP contribution in [-0.4, -0.2) is 42.0 Å². The van der Waals surface area contributed by atoms with E-state index in [1.165, 1.54) is 32.4 Å². The van der Waals surface area contributed by atoms with Crippen molar-refractivity contribution in [2.45, 2.75) is 64.5 Å². The quantitative estimate of drug-likeness (QED) is 0.747. The molecule has 3 atom stereocenters. The third kappa shape index (κ3) is 3.73. The van der Waals surface area contributed by atoms with Crippen LogP contribution in [0, 0.1) is 11.8 Å². The highest BCUT2D eigenvalue weighted by molar-refractivity contribution is 5.84. The number of hydrogen-bond donors (Lipinski definition) is 2. The SMILES string of the molecule is CC(C)NC(C)(CCCN1CC2CCCC2C1)C(N)=O. The third-order valence-corrected chi connectivity index (χ3v) is 5.10. The van der Waals surface area contributed by atoms with Gasteiger partial charge < -0.3 is 16.0 Å². The maximum Gasteiger partial charge on any atom is 0.237 e. The minimum atomic E-state index is -0.566. The molecule has 4 nitrogen and oxygen atoms in total. The van der Waals surface area contributed by atoms with Crippen molar-refractivity contribution in [1.82, 2.24) is 10.2 Å². The number of primary amides is 1. The molecule has 1 aliphatic heterocycles. The largest absolute Gasteiger partial charge is 0.368 e. The van der Waals surface area contributed by atoms with E-state index in [1.807, 2.05) is 6.92 Å². The van der Waals surface area contributed by atoms with Crippen LogP contribution in [0.25, 0.3) is 0 Å². The van der Waals surface area contributed by atoms with E-state index in [1.54, 1.807) is 0 Å². The van der Waals surface area contributed by atoms with Crippen molar-refractivity contribution in [1.29, 1.82) is 0 Å². The summed E-state index contributed by atoms with van der Waals surface area (Å²) in [6.45, 7) is 9.71. The van der Waals surface area contributed by atoms with Gasteiger partial charge in [-0.05, 0) is 64.8 Å². The van der Waals surface area contributed by atoms with E-state index in [9.17, 15) is 4.79 Å². The molecule has 0 radical (unpaired) electrons. The number of carbonyl (C=O) groups is 1. The summed E-state index contributed by atoms with van der Waals surface area (Å²) in [5, 5.41) is 3.33. The number of nitrogens with one attached hydrogen (secondary N) is 1. The molecule has 0 bridgehead atoms. The molecule has 116 valence electrons. The lowest BCUT2D eigenvalue weighted by atomic mass is 9.94. The highest BCUT2D eigenvalue weighted by Crippen LogP contribution is 2.37. The van der Waals surface area contributed by atoms with Crippen LogP contribution in [0.2, 0.25) is 0 Å². The van der Waals surface area contributed by atoms with Gasteiger partial charge in [0.05, 0.1) is 5.54 Å². The Kier molecular flexibility index (Phi) is 5.08. The van der Waals surface area contributed by atoms with Crippen LogP contribution < -0.4 is 11.1 Å². The molecule has 20 heavy (non-hydrogen) atoms. The molecule has 0 aromatic heterocycles. The maximum atomic E-state index is 11.7. The second kappa shape index (κ2) is 6.44. The van der Waals surface area contributed by atoms with Crippen LogP contribution in [0.15, 0.2) is 0 Å². The van der Waals surface area contributed by atoms with Gasteiger partial charge in [-0.1, -0.05) is 6.42 Å². The molecule has 3 unspecified atom stereocenters. The van der Waals surface area contributed by atoms with Gasteiger partial charge >= 0.3 is 0 Å². The van der Waals surface area contributed by atoms with Crippen molar-refractivity contribution in [3.8, 4) is 0 Å². The van der Waals surface area contributed by atoms with Gasteiger partial charge in [0.1, 0.15) is 0 Å². The van der Waals surface area contributed by atoms with Crippen molar-refractivity contribution in [3.05, 3.63) is 0 Å². The number of rotatable bonds is 7. The summed E-state index contributed by atoms with van der Waals surface area (Å²) in [6.07, 6.45) is 6.15. The summed E-state index contributed by atoms with van der Waals surface area (Å²) in [5.41, 5.74) is 5.01. The molecular weight excluding hydrogens is 250 g/mol. The fourth-order valence-electron chi connectivity index (χ4n) is 4.07. The molecule has 0 aromatic carbocycles. The van der Waals surface area contributed by atoms with Crippen molar-refractivity contribution >= 4 is 5.91 Å².